The van der Waals surface area contributed by atoms with Crippen molar-refractivity contribution < 1.29 is 4.42 Å². The number of hydrogen-bond acceptors (Lipinski definition) is 7. The fourth-order valence-electron chi connectivity index (χ4n) is 1.99. The van der Waals surface area contributed by atoms with Crippen LogP contribution in [0.15, 0.2) is 62.2 Å². The van der Waals surface area contributed by atoms with Gasteiger partial charge in [0.2, 0.25) is 5.89 Å². The highest BCUT2D eigenvalue weighted by molar-refractivity contribution is 7.98. The van der Waals surface area contributed by atoms with E-state index in [0.29, 0.717) is 11.1 Å². The lowest BCUT2D eigenvalue weighted by Gasteiger charge is -1.93. The number of benzene rings is 1. The Hall–Kier alpha value is -1.96. The summed E-state index contributed by atoms with van der Waals surface area (Å²) < 4.78 is 5.69. The Bertz CT molecular complexity index is 884. The molecule has 0 N–H and O–H groups in total. The minimum absolute atomic E-state index is 0.547. The molecule has 0 aliphatic heterocycles. The SMILES string of the molecule is c1ccc(-c2nnc(SCc3csc(-c4ccsc4)n3)o2)cc1. The monoisotopic (exact) mass is 357 g/mol. The number of hydrogen-bond donors (Lipinski definition) is 0. The van der Waals surface area contributed by atoms with Crippen LogP contribution in [0.4, 0.5) is 0 Å². The van der Waals surface area contributed by atoms with Crippen molar-refractivity contribution in [3.05, 3.63) is 58.2 Å². The van der Waals surface area contributed by atoms with E-state index in [0.717, 1.165) is 22.0 Å². The predicted octanol–water partition coefficient (Wildman–Crippen LogP) is 5.21. The third-order valence-corrected chi connectivity index (χ3v) is 5.57. The molecule has 4 aromatic rings. The van der Waals surface area contributed by atoms with E-state index in [1.54, 1.807) is 22.7 Å². The molecule has 114 valence electrons. The molecule has 0 radical (unpaired) electrons. The first-order valence-electron chi connectivity index (χ1n) is 6.87. The molecule has 1 aromatic carbocycles. The van der Waals surface area contributed by atoms with Gasteiger partial charge in [0.15, 0.2) is 0 Å². The molecule has 0 bridgehead atoms. The molecule has 0 saturated heterocycles. The van der Waals surface area contributed by atoms with Crippen LogP contribution < -0.4 is 0 Å². The van der Waals surface area contributed by atoms with E-state index in [1.807, 2.05) is 30.3 Å². The largest absolute Gasteiger partial charge is 0.411 e. The lowest BCUT2D eigenvalue weighted by molar-refractivity contribution is 0.466. The Morgan fingerprint density at radius 2 is 1.91 bits per heavy atom. The van der Waals surface area contributed by atoms with Crippen LogP contribution in [0.2, 0.25) is 0 Å². The van der Waals surface area contributed by atoms with Gasteiger partial charge in [-0.25, -0.2) is 4.98 Å². The van der Waals surface area contributed by atoms with Crippen molar-refractivity contribution in [3.63, 3.8) is 0 Å². The Balaban J connectivity index is 1.43. The van der Waals surface area contributed by atoms with Crippen LogP contribution >= 0.6 is 34.4 Å². The quantitative estimate of drug-likeness (QED) is 0.459. The van der Waals surface area contributed by atoms with Gasteiger partial charge in [0, 0.05) is 27.6 Å². The number of thiophene rings is 1. The molecule has 0 spiro atoms. The van der Waals surface area contributed by atoms with Crippen LogP contribution in [-0.4, -0.2) is 15.2 Å². The van der Waals surface area contributed by atoms with E-state index in [9.17, 15) is 0 Å². The summed E-state index contributed by atoms with van der Waals surface area (Å²) in [7, 11) is 0. The van der Waals surface area contributed by atoms with Gasteiger partial charge in [-0.15, -0.1) is 21.5 Å². The topological polar surface area (TPSA) is 51.8 Å². The average molecular weight is 357 g/mol. The maximum atomic E-state index is 5.69. The zero-order chi connectivity index (χ0) is 15.5. The van der Waals surface area contributed by atoms with Gasteiger partial charge in [0.05, 0.1) is 5.69 Å². The summed E-state index contributed by atoms with van der Waals surface area (Å²) in [4.78, 5) is 4.65. The smallest absolute Gasteiger partial charge is 0.277 e. The second kappa shape index (κ2) is 6.66. The molecule has 4 rings (SSSR count). The van der Waals surface area contributed by atoms with Gasteiger partial charge in [-0.3, -0.25) is 0 Å². The van der Waals surface area contributed by atoms with E-state index in [2.05, 4.69) is 37.4 Å². The van der Waals surface area contributed by atoms with Gasteiger partial charge in [-0.05, 0) is 23.6 Å². The molecule has 0 atom stereocenters. The average Bonchev–Trinajstić information content (AvgIpc) is 3.33. The predicted molar refractivity (Wildman–Crippen MR) is 94.7 cm³/mol. The normalized spacial score (nSPS) is 11.0. The number of thiazole rings is 1. The molecule has 0 saturated carbocycles. The maximum absolute atomic E-state index is 5.69. The highest BCUT2D eigenvalue weighted by Crippen LogP contribution is 2.29. The van der Waals surface area contributed by atoms with Crippen molar-refractivity contribution in [1.29, 1.82) is 0 Å². The van der Waals surface area contributed by atoms with Crippen LogP contribution in [0.3, 0.4) is 0 Å². The Kier molecular flexibility index (Phi) is 4.23. The van der Waals surface area contributed by atoms with Crippen molar-refractivity contribution in [3.8, 4) is 22.0 Å². The van der Waals surface area contributed by atoms with E-state index in [4.69, 9.17) is 4.42 Å². The highest BCUT2D eigenvalue weighted by Gasteiger charge is 2.10. The maximum Gasteiger partial charge on any atom is 0.277 e. The highest BCUT2D eigenvalue weighted by atomic mass is 32.2. The van der Waals surface area contributed by atoms with Crippen LogP contribution in [0.5, 0.6) is 0 Å². The van der Waals surface area contributed by atoms with Gasteiger partial charge in [0.25, 0.3) is 5.22 Å². The summed E-state index contributed by atoms with van der Waals surface area (Å²) in [6.07, 6.45) is 0. The van der Waals surface area contributed by atoms with Crippen LogP contribution in [-0.2, 0) is 5.75 Å². The third kappa shape index (κ3) is 3.36. The summed E-state index contributed by atoms with van der Waals surface area (Å²) in [6, 6.07) is 11.9. The standard InChI is InChI=1S/C16H11N3OS3/c1-2-4-11(5-3-1)14-18-19-16(20-14)23-10-13-9-22-15(17-13)12-6-7-21-8-12/h1-9H,10H2. The molecule has 23 heavy (non-hydrogen) atoms. The van der Waals surface area contributed by atoms with Crippen molar-refractivity contribution in [2.45, 2.75) is 11.0 Å². The van der Waals surface area contributed by atoms with Crippen LogP contribution in [0.25, 0.3) is 22.0 Å². The van der Waals surface area contributed by atoms with Crippen molar-refractivity contribution in [2.24, 2.45) is 0 Å². The van der Waals surface area contributed by atoms with E-state index < -0.39 is 0 Å². The van der Waals surface area contributed by atoms with Gasteiger partial charge in [-0.1, -0.05) is 30.0 Å². The van der Waals surface area contributed by atoms with Crippen LogP contribution in [0, 0.1) is 0 Å². The first-order chi connectivity index (χ1) is 11.4. The Morgan fingerprint density at radius 3 is 2.74 bits per heavy atom. The fraction of sp³-hybridized carbons (Fsp3) is 0.0625. The van der Waals surface area contributed by atoms with E-state index >= 15 is 0 Å². The second-order valence-corrected chi connectivity index (χ2v) is 7.25. The molecule has 0 amide bonds. The van der Waals surface area contributed by atoms with Crippen LogP contribution in [0.1, 0.15) is 5.69 Å². The van der Waals surface area contributed by atoms with Gasteiger partial charge in [-0.2, -0.15) is 11.3 Å². The molecule has 4 nitrogen and oxygen atoms in total. The van der Waals surface area contributed by atoms with Gasteiger partial charge >= 0.3 is 0 Å². The van der Waals surface area contributed by atoms with Gasteiger partial charge < -0.3 is 4.42 Å². The number of thioether (sulfide) groups is 1. The molecule has 0 fully saturated rings. The third-order valence-electron chi connectivity index (χ3n) is 3.09. The molecular weight excluding hydrogens is 346 g/mol. The number of aromatic nitrogens is 3. The minimum Gasteiger partial charge on any atom is -0.411 e. The van der Waals surface area contributed by atoms with Crippen molar-refractivity contribution >= 4 is 34.4 Å². The zero-order valence-electron chi connectivity index (χ0n) is 11.9. The Labute approximate surface area is 145 Å². The summed E-state index contributed by atoms with van der Waals surface area (Å²) >= 11 is 4.85. The lowest BCUT2D eigenvalue weighted by atomic mass is 10.2. The summed E-state index contributed by atoms with van der Waals surface area (Å²) in [6.45, 7) is 0. The number of nitrogens with zero attached hydrogens (tertiary/aromatic N) is 3. The van der Waals surface area contributed by atoms with E-state index in [1.165, 1.54) is 17.3 Å². The molecule has 3 aromatic heterocycles. The fourth-order valence-corrected chi connectivity index (χ4v) is 4.29. The zero-order valence-corrected chi connectivity index (χ0v) is 14.3. The lowest BCUT2D eigenvalue weighted by Crippen LogP contribution is -1.81. The van der Waals surface area contributed by atoms with Crippen molar-refractivity contribution in [1.82, 2.24) is 15.2 Å². The molecule has 3 heterocycles. The second-order valence-electron chi connectivity index (χ2n) is 4.68. The molecule has 7 heteroatoms. The summed E-state index contributed by atoms with van der Waals surface area (Å²) in [5.74, 6) is 1.27. The summed E-state index contributed by atoms with van der Waals surface area (Å²) in [5.41, 5.74) is 3.14. The minimum atomic E-state index is 0.547. The molecule has 0 aliphatic carbocycles. The first kappa shape index (κ1) is 14.6. The molecule has 0 unspecified atom stereocenters. The van der Waals surface area contributed by atoms with E-state index in [-0.39, 0.29) is 0 Å². The van der Waals surface area contributed by atoms with Crippen molar-refractivity contribution in [2.75, 3.05) is 0 Å². The first-order valence-corrected chi connectivity index (χ1v) is 9.68. The number of rotatable bonds is 5. The summed E-state index contributed by atoms with van der Waals surface area (Å²) in [5, 5.41) is 16.0. The molecule has 0 aliphatic rings. The Morgan fingerprint density at radius 1 is 1.00 bits per heavy atom. The molecular formula is C16H11N3OS3. The van der Waals surface area contributed by atoms with Gasteiger partial charge in [0.1, 0.15) is 5.01 Å².